The fourth-order valence-electron chi connectivity index (χ4n) is 3.65. The normalized spacial score (nSPS) is 15.4. The third kappa shape index (κ3) is 3.67. The van der Waals surface area contributed by atoms with Crippen LogP contribution in [0.3, 0.4) is 0 Å². The highest BCUT2D eigenvalue weighted by molar-refractivity contribution is 14.1. The molecule has 0 aliphatic carbocycles. The number of piperazine rings is 1. The van der Waals surface area contributed by atoms with Gasteiger partial charge in [-0.2, -0.15) is 0 Å². The van der Waals surface area contributed by atoms with Crippen molar-refractivity contribution in [3.05, 3.63) is 63.7 Å². The average Bonchev–Trinajstić information content (AvgIpc) is 3.27. The van der Waals surface area contributed by atoms with Crippen LogP contribution >= 0.6 is 22.6 Å². The van der Waals surface area contributed by atoms with Crippen LogP contribution in [-0.4, -0.2) is 54.0 Å². The second-order valence-corrected chi connectivity index (χ2v) is 8.27. The first-order chi connectivity index (χ1) is 14.7. The van der Waals surface area contributed by atoms with Crippen molar-refractivity contribution < 1.29 is 14.3 Å². The standard InChI is InChI=1S/C22H19IN4O3/c23-17-4-2-1-3-16(17)22(28)27-11-9-26(10-12-27)21-8-6-18(24-25-21)15-5-7-19-20(13-15)30-14-29-19/h1-8,13H,9-12,14H2. The van der Waals surface area contributed by atoms with Crippen LogP contribution in [0, 0.1) is 3.57 Å². The van der Waals surface area contributed by atoms with Gasteiger partial charge in [-0.25, -0.2) is 0 Å². The first-order valence-electron chi connectivity index (χ1n) is 9.71. The minimum absolute atomic E-state index is 0.0869. The molecule has 0 unspecified atom stereocenters. The fraction of sp³-hybridized carbons (Fsp3) is 0.227. The highest BCUT2D eigenvalue weighted by atomic mass is 127. The number of nitrogens with zero attached hydrogens (tertiary/aromatic N) is 4. The highest BCUT2D eigenvalue weighted by Crippen LogP contribution is 2.35. The summed E-state index contributed by atoms with van der Waals surface area (Å²) in [5.74, 6) is 2.39. The van der Waals surface area contributed by atoms with Crippen molar-refractivity contribution in [1.82, 2.24) is 15.1 Å². The Balaban J connectivity index is 1.24. The number of fused-ring (bicyclic) bond motifs is 1. The number of anilines is 1. The molecule has 1 fully saturated rings. The molecule has 152 valence electrons. The van der Waals surface area contributed by atoms with E-state index in [0.717, 1.165) is 50.8 Å². The van der Waals surface area contributed by atoms with Crippen LogP contribution in [0.4, 0.5) is 5.82 Å². The molecular formula is C22H19IN4O3. The summed E-state index contributed by atoms with van der Waals surface area (Å²) in [6.45, 7) is 3.03. The monoisotopic (exact) mass is 514 g/mol. The Labute approximate surface area is 187 Å². The molecule has 1 aromatic heterocycles. The molecule has 5 rings (SSSR count). The maximum Gasteiger partial charge on any atom is 0.255 e. The molecule has 2 aromatic carbocycles. The second kappa shape index (κ2) is 8.10. The molecule has 30 heavy (non-hydrogen) atoms. The van der Waals surface area contributed by atoms with Crippen LogP contribution in [0.1, 0.15) is 10.4 Å². The van der Waals surface area contributed by atoms with Crippen molar-refractivity contribution in [2.45, 2.75) is 0 Å². The van der Waals surface area contributed by atoms with Gasteiger partial charge in [-0.1, -0.05) is 12.1 Å². The number of ether oxygens (including phenoxy) is 2. The smallest absolute Gasteiger partial charge is 0.255 e. The van der Waals surface area contributed by atoms with Crippen LogP contribution < -0.4 is 14.4 Å². The van der Waals surface area contributed by atoms with Gasteiger partial charge in [0.1, 0.15) is 0 Å². The minimum Gasteiger partial charge on any atom is -0.454 e. The summed E-state index contributed by atoms with van der Waals surface area (Å²) in [5.41, 5.74) is 2.48. The van der Waals surface area contributed by atoms with Crippen molar-refractivity contribution in [2.75, 3.05) is 37.9 Å². The predicted octanol–water partition coefficient (Wildman–Crippen LogP) is 3.44. The molecule has 0 atom stereocenters. The average molecular weight is 514 g/mol. The van der Waals surface area contributed by atoms with Crippen LogP contribution in [0.25, 0.3) is 11.3 Å². The van der Waals surface area contributed by atoms with Gasteiger partial charge in [0, 0.05) is 35.3 Å². The lowest BCUT2D eigenvalue weighted by Crippen LogP contribution is -2.49. The van der Waals surface area contributed by atoms with E-state index in [9.17, 15) is 4.79 Å². The molecular weight excluding hydrogens is 495 g/mol. The van der Waals surface area contributed by atoms with E-state index < -0.39 is 0 Å². The summed E-state index contributed by atoms with van der Waals surface area (Å²) in [7, 11) is 0. The molecule has 0 radical (unpaired) electrons. The molecule has 3 aromatic rings. The van der Waals surface area contributed by atoms with Crippen LogP contribution in [-0.2, 0) is 0 Å². The van der Waals surface area contributed by atoms with Gasteiger partial charge in [0.2, 0.25) is 6.79 Å². The third-order valence-electron chi connectivity index (χ3n) is 5.31. The quantitative estimate of drug-likeness (QED) is 0.500. The number of amides is 1. The van der Waals surface area contributed by atoms with E-state index in [-0.39, 0.29) is 12.7 Å². The number of hydrogen-bond acceptors (Lipinski definition) is 6. The first-order valence-corrected chi connectivity index (χ1v) is 10.8. The zero-order chi connectivity index (χ0) is 20.5. The molecule has 2 aliphatic rings. The van der Waals surface area contributed by atoms with E-state index >= 15 is 0 Å². The van der Waals surface area contributed by atoms with Gasteiger partial charge in [0.15, 0.2) is 17.3 Å². The van der Waals surface area contributed by atoms with E-state index in [4.69, 9.17) is 9.47 Å². The van der Waals surface area contributed by atoms with Gasteiger partial charge in [0.25, 0.3) is 5.91 Å². The van der Waals surface area contributed by atoms with Crippen molar-refractivity contribution in [3.63, 3.8) is 0 Å². The molecule has 1 saturated heterocycles. The van der Waals surface area contributed by atoms with Crippen molar-refractivity contribution >= 4 is 34.3 Å². The summed E-state index contributed by atoms with van der Waals surface area (Å²) < 4.78 is 11.8. The Morgan fingerprint density at radius 3 is 2.47 bits per heavy atom. The highest BCUT2D eigenvalue weighted by Gasteiger charge is 2.24. The number of aromatic nitrogens is 2. The van der Waals surface area contributed by atoms with E-state index in [1.165, 1.54) is 0 Å². The summed E-state index contributed by atoms with van der Waals surface area (Å²) in [6, 6.07) is 17.4. The van der Waals surface area contributed by atoms with Crippen LogP contribution in [0.5, 0.6) is 11.5 Å². The summed E-state index contributed by atoms with van der Waals surface area (Å²) in [5, 5.41) is 8.81. The Bertz CT molecular complexity index is 1080. The Morgan fingerprint density at radius 2 is 1.70 bits per heavy atom. The number of carbonyl (C=O) groups excluding carboxylic acids is 1. The predicted molar refractivity (Wildman–Crippen MR) is 121 cm³/mol. The largest absolute Gasteiger partial charge is 0.454 e. The summed E-state index contributed by atoms with van der Waals surface area (Å²) in [4.78, 5) is 16.9. The Morgan fingerprint density at radius 1 is 0.900 bits per heavy atom. The zero-order valence-electron chi connectivity index (χ0n) is 16.1. The lowest BCUT2D eigenvalue weighted by molar-refractivity contribution is 0.0745. The van der Waals surface area contributed by atoms with Crippen molar-refractivity contribution in [3.8, 4) is 22.8 Å². The molecule has 0 saturated carbocycles. The lowest BCUT2D eigenvalue weighted by Gasteiger charge is -2.35. The molecule has 7 nitrogen and oxygen atoms in total. The molecule has 0 spiro atoms. The fourth-order valence-corrected chi connectivity index (χ4v) is 4.27. The number of carbonyl (C=O) groups is 1. The topological polar surface area (TPSA) is 67.8 Å². The molecule has 2 aliphatic heterocycles. The van der Waals surface area contributed by atoms with E-state index in [0.29, 0.717) is 13.1 Å². The molecule has 8 heteroatoms. The minimum atomic E-state index is 0.0869. The van der Waals surface area contributed by atoms with Crippen molar-refractivity contribution in [1.29, 1.82) is 0 Å². The van der Waals surface area contributed by atoms with Gasteiger partial charge in [-0.3, -0.25) is 4.79 Å². The number of benzene rings is 2. The summed E-state index contributed by atoms with van der Waals surface area (Å²) in [6.07, 6.45) is 0. The molecule has 0 N–H and O–H groups in total. The first kappa shape index (κ1) is 19.1. The Hall–Kier alpha value is -2.88. The maximum atomic E-state index is 12.8. The van der Waals surface area contributed by atoms with Gasteiger partial charge in [0.05, 0.1) is 11.3 Å². The van der Waals surface area contributed by atoms with Crippen LogP contribution in [0.15, 0.2) is 54.6 Å². The van der Waals surface area contributed by atoms with Gasteiger partial charge in [-0.15, -0.1) is 10.2 Å². The number of hydrogen-bond donors (Lipinski definition) is 0. The third-order valence-corrected chi connectivity index (χ3v) is 6.25. The van der Waals surface area contributed by atoms with E-state index in [1.807, 2.05) is 59.5 Å². The van der Waals surface area contributed by atoms with Gasteiger partial charge >= 0.3 is 0 Å². The van der Waals surface area contributed by atoms with Crippen molar-refractivity contribution in [2.24, 2.45) is 0 Å². The summed E-state index contributed by atoms with van der Waals surface area (Å²) >= 11 is 2.21. The number of rotatable bonds is 3. The SMILES string of the molecule is O=C(c1ccccc1I)N1CCN(c2ccc(-c3ccc4c(c3)OCO4)nn2)CC1. The zero-order valence-corrected chi connectivity index (χ0v) is 18.3. The van der Waals surface area contributed by atoms with E-state index in [2.05, 4.69) is 37.7 Å². The van der Waals surface area contributed by atoms with Gasteiger partial charge in [-0.05, 0) is 65.1 Å². The van der Waals surface area contributed by atoms with E-state index in [1.54, 1.807) is 0 Å². The lowest BCUT2D eigenvalue weighted by atomic mass is 10.1. The molecule has 3 heterocycles. The Kier molecular flexibility index (Phi) is 5.16. The maximum absolute atomic E-state index is 12.8. The second-order valence-electron chi connectivity index (χ2n) is 7.10. The molecule has 1 amide bonds. The molecule has 0 bridgehead atoms. The number of halogens is 1. The van der Waals surface area contributed by atoms with Gasteiger partial charge < -0.3 is 19.3 Å². The van der Waals surface area contributed by atoms with Crippen LogP contribution in [0.2, 0.25) is 0 Å².